The molecule has 4 heteroatoms. The topological polar surface area (TPSA) is 58.0 Å². The Morgan fingerprint density at radius 2 is 1.91 bits per heavy atom. The molecule has 23 heavy (non-hydrogen) atoms. The third-order valence-corrected chi connectivity index (χ3v) is 3.99. The van der Waals surface area contributed by atoms with Gasteiger partial charge in [0.15, 0.2) is 5.82 Å². The maximum atomic E-state index is 10.1. The molecule has 4 nitrogen and oxygen atoms in total. The molecule has 0 bridgehead atoms. The Hall–Kier alpha value is -2.62. The van der Waals surface area contributed by atoms with Gasteiger partial charge < -0.3 is 10.4 Å². The number of fused-ring (bicyclic) bond motifs is 1. The maximum Gasteiger partial charge on any atom is 0.165 e. The van der Waals surface area contributed by atoms with Crippen LogP contribution in [0.1, 0.15) is 25.8 Å². The van der Waals surface area contributed by atoms with Crippen LogP contribution in [0.15, 0.2) is 42.5 Å². The van der Waals surface area contributed by atoms with Gasteiger partial charge in [-0.15, -0.1) is 0 Å². The van der Waals surface area contributed by atoms with Crippen molar-refractivity contribution in [3.05, 3.63) is 48.0 Å². The van der Waals surface area contributed by atoms with E-state index in [1.165, 1.54) is 0 Å². The SMILES string of the molecule is CC[C@@H](C)Nc1nc(-c2ccccc2O)nc2cc(C)ccc12. The van der Waals surface area contributed by atoms with Gasteiger partial charge >= 0.3 is 0 Å². The molecule has 1 atom stereocenters. The summed E-state index contributed by atoms with van der Waals surface area (Å²) < 4.78 is 0. The molecule has 2 N–H and O–H groups in total. The summed E-state index contributed by atoms with van der Waals surface area (Å²) in [6, 6.07) is 13.6. The highest BCUT2D eigenvalue weighted by atomic mass is 16.3. The van der Waals surface area contributed by atoms with E-state index in [1.54, 1.807) is 12.1 Å². The molecule has 0 unspecified atom stereocenters. The highest BCUT2D eigenvalue weighted by molar-refractivity contribution is 5.91. The fraction of sp³-hybridized carbons (Fsp3) is 0.263. The summed E-state index contributed by atoms with van der Waals surface area (Å²) in [6.45, 7) is 6.31. The van der Waals surface area contributed by atoms with Crippen molar-refractivity contribution in [1.82, 2.24) is 9.97 Å². The number of aryl methyl sites for hydroxylation is 1. The van der Waals surface area contributed by atoms with Gasteiger partial charge in [-0.2, -0.15) is 0 Å². The summed E-state index contributed by atoms with van der Waals surface area (Å²) in [5.74, 6) is 1.53. The van der Waals surface area contributed by atoms with E-state index in [-0.39, 0.29) is 5.75 Å². The van der Waals surface area contributed by atoms with Crippen LogP contribution in [0.5, 0.6) is 5.75 Å². The van der Waals surface area contributed by atoms with Crippen molar-refractivity contribution >= 4 is 16.7 Å². The molecule has 118 valence electrons. The molecule has 3 aromatic rings. The molecule has 1 heterocycles. The summed E-state index contributed by atoms with van der Waals surface area (Å²) >= 11 is 0. The Labute approximate surface area is 136 Å². The highest BCUT2D eigenvalue weighted by Crippen LogP contribution is 2.30. The largest absolute Gasteiger partial charge is 0.507 e. The van der Waals surface area contributed by atoms with Crippen LogP contribution in [0, 0.1) is 6.92 Å². The predicted molar refractivity (Wildman–Crippen MR) is 94.8 cm³/mol. The maximum absolute atomic E-state index is 10.1. The van der Waals surface area contributed by atoms with Crippen LogP contribution in [0.2, 0.25) is 0 Å². The summed E-state index contributed by atoms with van der Waals surface area (Å²) in [4.78, 5) is 9.32. The van der Waals surface area contributed by atoms with Crippen molar-refractivity contribution in [3.8, 4) is 17.1 Å². The van der Waals surface area contributed by atoms with Gasteiger partial charge in [0, 0.05) is 11.4 Å². The molecule has 0 fully saturated rings. The lowest BCUT2D eigenvalue weighted by Gasteiger charge is -2.16. The zero-order valence-corrected chi connectivity index (χ0v) is 13.7. The van der Waals surface area contributed by atoms with E-state index >= 15 is 0 Å². The first-order valence-corrected chi connectivity index (χ1v) is 7.91. The van der Waals surface area contributed by atoms with Gasteiger partial charge in [0.05, 0.1) is 11.1 Å². The molecular weight excluding hydrogens is 286 g/mol. The van der Waals surface area contributed by atoms with Crippen LogP contribution in [0.25, 0.3) is 22.3 Å². The molecule has 0 radical (unpaired) electrons. The van der Waals surface area contributed by atoms with Crippen LogP contribution in [0.4, 0.5) is 5.82 Å². The molecule has 0 aliphatic carbocycles. The van der Waals surface area contributed by atoms with Crippen LogP contribution in [-0.2, 0) is 0 Å². The lowest BCUT2D eigenvalue weighted by Crippen LogP contribution is -2.15. The van der Waals surface area contributed by atoms with Gasteiger partial charge in [-0.1, -0.05) is 25.1 Å². The molecule has 3 rings (SSSR count). The summed E-state index contributed by atoms with van der Waals surface area (Å²) in [6.07, 6.45) is 1.00. The average molecular weight is 307 g/mol. The molecule has 1 aromatic heterocycles. The first-order chi connectivity index (χ1) is 11.1. The van der Waals surface area contributed by atoms with Crippen molar-refractivity contribution in [2.24, 2.45) is 0 Å². The monoisotopic (exact) mass is 307 g/mol. The molecule has 0 amide bonds. The van der Waals surface area contributed by atoms with E-state index in [0.717, 1.165) is 28.7 Å². The van der Waals surface area contributed by atoms with E-state index in [0.29, 0.717) is 17.4 Å². The normalized spacial score (nSPS) is 12.3. The van der Waals surface area contributed by atoms with Crippen molar-refractivity contribution in [1.29, 1.82) is 0 Å². The fourth-order valence-corrected chi connectivity index (χ4v) is 2.47. The van der Waals surface area contributed by atoms with Crippen LogP contribution in [0.3, 0.4) is 0 Å². The minimum atomic E-state index is 0.189. The van der Waals surface area contributed by atoms with E-state index in [1.807, 2.05) is 31.2 Å². The number of nitrogens with zero attached hydrogens (tertiary/aromatic N) is 2. The van der Waals surface area contributed by atoms with Crippen LogP contribution in [-0.4, -0.2) is 21.1 Å². The third-order valence-electron chi connectivity index (χ3n) is 3.99. The second kappa shape index (κ2) is 6.24. The summed E-state index contributed by atoms with van der Waals surface area (Å²) in [7, 11) is 0. The molecule has 2 aromatic carbocycles. The molecule has 0 aliphatic rings. The van der Waals surface area contributed by atoms with Crippen molar-refractivity contribution in [3.63, 3.8) is 0 Å². The number of phenols is 1. The Morgan fingerprint density at radius 1 is 1.13 bits per heavy atom. The molecule has 0 saturated heterocycles. The number of hydrogen-bond donors (Lipinski definition) is 2. The summed E-state index contributed by atoms with van der Waals surface area (Å²) in [5, 5.41) is 14.6. The molecule has 0 saturated carbocycles. The van der Waals surface area contributed by atoms with Gasteiger partial charge in [0.2, 0.25) is 0 Å². The van der Waals surface area contributed by atoms with Crippen molar-refractivity contribution in [2.75, 3.05) is 5.32 Å². The minimum absolute atomic E-state index is 0.189. The zero-order chi connectivity index (χ0) is 16.4. The van der Waals surface area contributed by atoms with Crippen LogP contribution < -0.4 is 5.32 Å². The fourth-order valence-electron chi connectivity index (χ4n) is 2.47. The van der Waals surface area contributed by atoms with E-state index in [4.69, 9.17) is 0 Å². The van der Waals surface area contributed by atoms with Gasteiger partial charge in [0.25, 0.3) is 0 Å². The number of phenolic OH excluding ortho intramolecular Hbond substituents is 1. The number of rotatable bonds is 4. The Kier molecular flexibility index (Phi) is 4.15. The minimum Gasteiger partial charge on any atom is -0.507 e. The molecular formula is C19H21N3O. The predicted octanol–water partition coefficient (Wildman–Crippen LogP) is 4.52. The number of aromatic nitrogens is 2. The average Bonchev–Trinajstić information content (AvgIpc) is 2.54. The Morgan fingerprint density at radius 3 is 2.65 bits per heavy atom. The van der Waals surface area contributed by atoms with Crippen LogP contribution >= 0.6 is 0 Å². The number of nitrogens with one attached hydrogen (secondary N) is 1. The molecule has 0 aliphatic heterocycles. The quantitative estimate of drug-likeness (QED) is 0.744. The van der Waals surface area contributed by atoms with Gasteiger partial charge in [-0.3, -0.25) is 0 Å². The lowest BCUT2D eigenvalue weighted by molar-refractivity contribution is 0.477. The van der Waals surface area contributed by atoms with Gasteiger partial charge in [0.1, 0.15) is 11.6 Å². The number of hydrogen-bond acceptors (Lipinski definition) is 4. The van der Waals surface area contributed by atoms with Crippen molar-refractivity contribution < 1.29 is 5.11 Å². The Balaban J connectivity index is 2.21. The first kappa shape index (κ1) is 15.3. The number of benzene rings is 2. The summed E-state index contributed by atoms with van der Waals surface area (Å²) in [5.41, 5.74) is 2.67. The highest BCUT2D eigenvalue weighted by Gasteiger charge is 2.13. The number of para-hydroxylation sites is 1. The standard InChI is InChI=1S/C19H21N3O/c1-4-13(3)20-18-14-10-9-12(2)11-16(14)21-19(22-18)15-7-5-6-8-17(15)23/h5-11,13,23H,4H2,1-3H3,(H,20,21,22)/t13-/m1/s1. The first-order valence-electron chi connectivity index (χ1n) is 7.91. The van der Waals surface area contributed by atoms with E-state index < -0.39 is 0 Å². The number of anilines is 1. The second-order valence-corrected chi connectivity index (χ2v) is 5.89. The molecule has 0 spiro atoms. The van der Waals surface area contributed by atoms with Gasteiger partial charge in [-0.05, 0) is 50.1 Å². The van der Waals surface area contributed by atoms with Crippen molar-refractivity contribution in [2.45, 2.75) is 33.2 Å². The van der Waals surface area contributed by atoms with E-state index in [2.05, 4.69) is 35.2 Å². The van der Waals surface area contributed by atoms with E-state index in [9.17, 15) is 5.11 Å². The number of aromatic hydroxyl groups is 1. The smallest absolute Gasteiger partial charge is 0.165 e. The second-order valence-electron chi connectivity index (χ2n) is 5.89. The van der Waals surface area contributed by atoms with Gasteiger partial charge in [-0.25, -0.2) is 9.97 Å². The Bertz CT molecular complexity index is 845. The lowest BCUT2D eigenvalue weighted by atomic mass is 10.1. The zero-order valence-electron chi connectivity index (χ0n) is 13.7. The third kappa shape index (κ3) is 3.11.